The number of pyridine rings is 1. The van der Waals surface area contributed by atoms with Crippen molar-refractivity contribution in [3.05, 3.63) is 45.2 Å². The van der Waals surface area contributed by atoms with E-state index in [2.05, 4.69) is 21.7 Å². The van der Waals surface area contributed by atoms with Gasteiger partial charge in [-0.25, -0.2) is 9.78 Å². The zero-order chi connectivity index (χ0) is 13.8. The maximum atomic E-state index is 10.9. The van der Waals surface area contributed by atoms with Gasteiger partial charge < -0.3 is 10.4 Å². The van der Waals surface area contributed by atoms with Crippen LogP contribution in [0.2, 0.25) is 5.02 Å². The van der Waals surface area contributed by atoms with Gasteiger partial charge in [0.05, 0.1) is 5.02 Å². The number of aromatic carboxylic acids is 1. The highest BCUT2D eigenvalue weighted by molar-refractivity contribution is 7.07. The number of rotatable bonds is 5. The van der Waals surface area contributed by atoms with Gasteiger partial charge in [0, 0.05) is 6.04 Å². The third-order valence-electron chi connectivity index (χ3n) is 2.56. The van der Waals surface area contributed by atoms with E-state index in [9.17, 15) is 4.79 Å². The van der Waals surface area contributed by atoms with Crippen LogP contribution in [-0.4, -0.2) is 22.1 Å². The summed E-state index contributed by atoms with van der Waals surface area (Å²) in [4.78, 5) is 14.9. The summed E-state index contributed by atoms with van der Waals surface area (Å²) in [6.45, 7) is 2.02. The predicted octanol–water partition coefficient (Wildman–Crippen LogP) is 3.54. The fourth-order valence-corrected chi connectivity index (χ4v) is 2.61. The third kappa shape index (κ3) is 3.68. The number of hydrogen-bond acceptors (Lipinski definition) is 4. The molecule has 2 heterocycles. The number of carboxylic acid groups (broad SMARTS) is 1. The molecule has 19 heavy (non-hydrogen) atoms. The molecule has 2 rings (SSSR count). The Labute approximate surface area is 120 Å². The maximum absolute atomic E-state index is 10.9. The molecule has 0 spiro atoms. The lowest BCUT2D eigenvalue weighted by Crippen LogP contribution is -2.19. The maximum Gasteiger partial charge on any atom is 0.356 e. The number of halogens is 1. The van der Waals surface area contributed by atoms with Crippen molar-refractivity contribution >= 4 is 34.7 Å². The van der Waals surface area contributed by atoms with E-state index in [1.54, 1.807) is 17.4 Å². The average Bonchev–Trinajstić information content (AvgIpc) is 2.84. The first-order chi connectivity index (χ1) is 9.06. The molecule has 0 aliphatic carbocycles. The number of carbonyl (C=O) groups is 1. The van der Waals surface area contributed by atoms with Crippen LogP contribution in [-0.2, 0) is 6.42 Å². The zero-order valence-corrected chi connectivity index (χ0v) is 11.8. The van der Waals surface area contributed by atoms with E-state index in [0.717, 1.165) is 6.42 Å². The first kappa shape index (κ1) is 13.8. The molecule has 2 aromatic heterocycles. The third-order valence-corrected chi connectivity index (χ3v) is 3.60. The fourth-order valence-electron chi connectivity index (χ4n) is 1.74. The molecule has 4 nitrogen and oxygen atoms in total. The molecule has 0 aliphatic heterocycles. The average molecular weight is 297 g/mol. The summed E-state index contributed by atoms with van der Waals surface area (Å²) in [5.74, 6) is -0.608. The number of carboxylic acids is 1. The second-order valence-corrected chi connectivity index (χ2v) is 5.40. The molecule has 0 radical (unpaired) electrons. The molecule has 0 saturated heterocycles. The summed E-state index contributed by atoms with van der Waals surface area (Å²) in [6.07, 6.45) is 0.857. The lowest BCUT2D eigenvalue weighted by Gasteiger charge is -2.14. The van der Waals surface area contributed by atoms with Gasteiger partial charge in [0.1, 0.15) is 5.82 Å². The highest BCUT2D eigenvalue weighted by Gasteiger charge is 2.12. The highest BCUT2D eigenvalue weighted by atomic mass is 35.5. The lowest BCUT2D eigenvalue weighted by molar-refractivity contribution is 0.0691. The summed E-state index contributed by atoms with van der Waals surface area (Å²) in [5.41, 5.74) is 1.12. The molecular formula is C13H13ClN2O2S. The van der Waals surface area contributed by atoms with Gasteiger partial charge in [-0.15, -0.1) is 0 Å². The van der Waals surface area contributed by atoms with Crippen LogP contribution >= 0.6 is 22.9 Å². The summed E-state index contributed by atoms with van der Waals surface area (Å²) >= 11 is 7.43. The van der Waals surface area contributed by atoms with Crippen molar-refractivity contribution in [1.29, 1.82) is 0 Å². The van der Waals surface area contributed by atoms with Crippen LogP contribution < -0.4 is 5.32 Å². The molecule has 1 atom stereocenters. The fraction of sp³-hybridized carbons (Fsp3) is 0.231. The van der Waals surface area contributed by atoms with Crippen molar-refractivity contribution in [3.63, 3.8) is 0 Å². The van der Waals surface area contributed by atoms with E-state index >= 15 is 0 Å². The molecule has 2 aromatic rings. The number of anilines is 1. The number of nitrogens with one attached hydrogen (secondary N) is 1. The van der Waals surface area contributed by atoms with Crippen molar-refractivity contribution in [3.8, 4) is 0 Å². The Hall–Kier alpha value is -1.59. The van der Waals surface area contributed by atoms with Crippen LogP contribution in [0.15, 0.2) is 29.0 Å². The molecule has 0 amide bonds. The Kier molecular flexibility index (Phi) is 4.39. The second-order valence-electron chi connectivity index (χ2n) is 4.21. The van der Waals surface area contributed by atoms with Gasteiger partial charge >= 0.3 is 5.97 Å². The van der Waals surface area contributed by atoms with Crippen LogP contribution in [0.5, 0.6) is 0 Å². The normalized spacial score (nSPS) is 12.1. The Morgan fingerprint density at radius 1 is 1.53 bits per heavy atom. The Bertz CT molecular complexity index is 572. The topological polar surface area (TPSA) is 62.2 Å². The zero-order valence-electron chi connectivity index (χ0n) is 10.3. The molecule has 0 aromatic carbocycles. The van der Waals surface area contributed by atoms with Gasteiger partial charge in [-0.1, -0.05) is 11.6 Å². The molecule has 0 fully saturated rings. The second kappa shape index (κ2) is 6.04. The van der Waals surface area contributed by atoms with Gasteiger partial charge in [-0.05, 0) is 47.9 Å². The van der Waals surface area contributed by atoms with Gasteiger partial charge in [0.25, 0.3) is 0 Å². The van der Waals surface area contributed by atoms with Gasteiger partial charge in [-0.3, -0.25) is 0 Å². The predicted molar refractivity (Wildman–Crippen MR) is 77.3 cm³/mol. The summed E-state index contributed by atoms with van der Waals surface area (Å²) in [7, 11) is 0. The van der Waals surface area contributed by atoms with Crippen molar-refractivity contribution in [2.24, 2.45) is 0 Å². The van der Waals surface area contributed by atoms with Crippen LogP contribution in [0, 0.1) is 0 Å². The van der Waals surface area contributed by atoms with Crippen LogP contribution in [0.3, 0.4) is 0 Å². The first-order valence-electron chi connectivity index (χ1n) is 5.73. The Morgan fingerprint density at radius 2 is 2.32 bits per heavy atom. The van der Waals surface area contributed by atoms with Crippen LogP contribution in [0.25, 0.3) is 0 Å². The van der Waals surface area contributed by atoms with E-state index in [4.69, 9.17) is 16.7 Å². The molecule has 0 saturated carbocycles. The Morgan fingerprint density at radius 3 is 2.95 bits per heavy atom. The number of aromatic nitrogens is 1. The highest BCUT2D eigenvalue weighted by Crippen LogP contribution is 2.18. The van der Waals surface area contributed by atoms with Gasteiger partial charge in [-0.2, -0.15) is 11.3 Å². The van der Waals surface area contributed by atoms with Crippen LogP contribution in [0.1, 0.15) is 23.0 Å². The van der Waals surface area contributed by atoms with Crippen LogP contribution in [0.4, 0.5) is 5.82 Å². The number of hydrogen-bond donors (Lipinski definition) is 2. The monoisotopic (exact) mass is 296 g/mol. The van der Waals surface area contributed by atoms with Crippen molar-refractivity contribution in [2.45, 2.75) is 19.4 Å². The first-order valence-corrected chi connectivity index (χ1v) is 7.06. The quantitative estimate of drug-likeness (QED) is 0.886. The smallest absolute Gasteiger partial charge is 0.356 e. The lowest BCUT2D eigenvalue weighted by atomic mass is 10.1. The molecule has 100 valence electrons. The Balaban J connectivity index is 2.06. The molecule has 6 heteroatoms. The van der Waals surface area contributed by atoms with Crippen molar-refractivity contribution in [2.75, 3.05) is 5.32 Å². The largest absolute Gasteiger partial charge is 0.476 e. The van der Waals surface area contributed by atoms with E-state index in [1.807, 2.05) is 12.3 Å². The number of thiophene rings is 1. The molecule has 0 bridgehead atoms. The molecular weight excluding hydrogens is 284 g/mol. The SMILES string of the molecule is CC(Cc1ccsc1)Nc1ccc(Cl)c(C(=O)O)n1. The van der Waals surface area contributed by atoms with Crippen molar-refractivity contribution < 1.29 is 9.90 Å². The number of nitrogens with zero attached hydrogens (tertiary/aromatic N) is 1. The minimum absolute atomic E-state index is 0.130. The minimum atomic E-state index is -1.13. The summed E-state index contributed by atoms with van der Waals surface area (Å²) in [6, 6.07) is 5.45. The summed E-state index contributed by atoms with van der Waals surface area (Å²) < 4.78 is 0. The van der Waals surface area contributed by atoms with Gasteiger partial charge in [0.15, 0.2) is 5.69 Å². The molecule has 1 unspecified atom stereocenters. The molecule has 2 N–H and O–H groups in total. The molecule has 0 aliphatic rings. The van der Waals surface area contributed by atoms with E-state index in [-0.39, 0.29) is 16.8 Å². The standard InChI is InChI=1S/C13H13ClN2O2S/c1-8(6-9-4-5-19-7-9)15-11-3-2-10(14)12(16-11)13(17)18/h2-5,7-8H,6H2,1H3,(H,15,16)(H,17,18). The van der Waals surface area contributed by atoms with E-state index in [0.29, 0.717) is 5.82 Å². The van der Waals surface area contributed by atoms with Gasteiger partial charge in [0.2, 0.25) is 0 Å². The van der Waals surface area contributed by atoms with E-state index in [1.165, 1.54) is 11.6 Å². The summed E-state index contributed by atoms with van der Waals surface area (Å²) in [5, 5.41) is 16.4. The van der Waals surface area contributed by atoms with Crippen molar-refractivity contribution in [1.82, 2.24) is 4.98 Å². The van der Waals surface area contributed by atoms with E-state index < -0.39 is 5.97 Å². The minimum Gasteiger partial charge on any atom is -0.476 e.